The fraction of sp³-hybridized carbons (Fsp3) is 0.0556. The van der Waals surface area contributed by atoms with Crippen LogP contribution in [0.5, 0.6) is 0 Å². The van der Waals surface area contributed by atoms with Crippen molar-refractivity contribution in [3.05, 3.63) is 76.1 Å². The molecule has 7 nitrogen and oxygen atoms in total. The SMILES string of the molecule is [C-]#[N+]c1cccc(-c2nc(N)n3nc(Cc4ccccn4)nc3c2Br)c1. The van der Waals surface area contributed by atoms with Gasteiger partial charge in [-0.15, -0.1) is 5.10 Å². The van der Waals surface area contributed by atoms with Crippen molar-refractivity contribution in [3.8, 4) is 11.3 Å². The minimum Gasteiger partial charge on any atom is -0.368 e. The summed E-state index contributed by atoms with van der Waals surface area (Å²) in [6.45, 7) is 7.18. The van der Waals surface area contributed by atoms with Gasteiger partial charge in [0.1, 0.15) is 0 Å². The molecule has 0 aliphatic carbocycles. The summed E-state index contributed by atoms with van der Waals surface area (Å²) in [4.78, 5) is 16.8. The maximum Gasteiger partial charge on any atom is 0.223 e. The van der Waals surface area contributed by atoms with E-state index in [1.54, 1.807) is 18.3 Å². The van der Waals surface area contributed by atoms with Crippen molar-refractivity contribution in [2.45, 2.75) is 6.42 Å². The molecule has 0 aliphatic heterocycles. The lowest BCUT2D eigenvalue weighted by Gasteiger charge is -2.07. The maximum absolute atomic E-state index is 7.18. The van der Waals surface area contributed by atoms with Crippen LogP contribution in [0.3, 0.4) is 0 Å². The summed E-state index contributed by atoms with van der Waals surface area (Å²) in [5, 5.41) is 4.44. The highest BCUT2D eigenvalue weighted by Crippen LogP contribution is 2.32. The van der Waals surface area contributed by atoms with Crippen LogP contribution in [0.15, 0.2) is 53.1 Å². The largest absolute Gasteiger partial charge is 0.368 e. The van der Waals surface area contributed by atoms with Crippen molar-refractivity contribution >= 4 is 33.2 Å². The topological polar surface area (TPSA) is 86.3 Å². The molecule has 0 saturated heterocycles. The molecule has 1 aromatic carbocycles. The van der Waals surface area contributed by atoms with Gasteiger partial charge in [-0.2, -0.15) is 4.52 Å². The average molecular weight is 406 g/mol. The van der Waals surface area contributed by atoms with Crippen LogP contribution in [0.2, 0.25) is 0 Å². The first-order valence-corrected chi connectivity index (χ1v) is 8.53. The Morgan fingerprint density at radius 3 is 2.81 bits per heavy atom. The standard InChI is InChI=1S/C18H12BrN7/c1-21-12-7-4-5-11(9-12)16-15(19)17-23-14(25-26(17)18(20)24-16)10-13-6-2-3-8-22-13/h2-9H,10H2,(H2,20,24). The number of anilines is 1. The molecule has 8 heteroatoms. The van der Waals surface area contributed by atoms with Gasteiger partial charge >= 0.3 is 0 Å². The molecule has 0 spiro atoms. The van der Waals surface area contributed by atoms with Gasteiger partial charge in [0.2, 0.25) is 5.95 Å². The van der Waals surface area contributed by atoms with E-state index in [2.05, 4.69) is 40.8 Å². The summed E-state index contributed by atoms with van der Waals surface area (Å²) < 4.78 is 2.18. The Hall–Kier alpha value is -3.31. The third kappa shape index (κ3) is 2.89. The van der Waals surface area contributed by atoms with Crippen LogP contribution in [0.4, 0.5) is 11.6 Å². The van der Waals surface area contributed by atoms with Crippen molar-refractivity contribution in [2.24, 2.45) is 0 Å². The molecule has 0 atom stereocenters. The van der Waals surface area contributed by atoms with Crippen LogP contribution < -0.4 is 5.73 Å². The van der Waals surface area contributed by atoms with Crippen molar-refractivity contribution in [3.63, 3.8) is 0 Å². The molecule has 3 heterocycles. The quantitative estimate of drug-likeness (QED) is 0.525. The number of aromatic nitrogens is 5. The molecule has 0 radical (unpaired) electrons. The second-order valence-corrected chi connectivity index (χ2v) is 6.35. The number of benzene rings is 1. The minimum atomic E-state index is 0.228. The van der Waals surface area contributed by atoms with E-state index in [1.807, 2.05) is 30.3 Å². The first-order chi connectivity index (χ1) is 12.7. The predicted molar refractivity (Wildman–Crippen MR) is 102 cm³/mol. The number of nitrogens with zero attached hydrogens (tertiary/aromatic N) is 6. The monoisotopic (exact) mass is 405 g/mol. The first-order valence-electron chi connectivity index (χ1n) is 7.74. The Labute approximate surface area is 157 Å². The molecule has 0 aliphatic rings. The van der Waals surface area contributed by atoms with Gasteiger partial charge in [-0.1, -0.05) is 24.3 Å². The second-order valence-electron chi connectivity index (χ2n) is 5.56. The summed E-state index contributed by atoms with van der Waals surface area (Å²) >= 11 is 3.56. The van der Waals surface area contributed by atoms with E-state index in [-0.39, 0.29) is 5.95 Å². The average Bonchev–Trinajstić information content (AvgIpc) is 3.10. The highest BCUT2D eigenvalue weighted by Gasteiger charge is 2.17. The van der Waals surface area contributed by atoms with Gasteiger partial charge in [-0.05, 0) is 39.7 Å². The molecular formula is C18H12BrN7. The van der Waals surface area contributed by atoms with Crippen molar-refractivity contribution < 1.29 is 0 Å². The maximum atomic E-state index is 7.18. The molecule has 2 N–H and O–H groups in total. The molecule has 0 amide bonds. The third-order valence-electron chi connectivity index (χ3n) is 3.81. The molecule has 3 aromatic heterocycles. The van der Waals surface area contributed by atoms with E-state index in [1.165, 1.54) is 4.52 Å². The van der Waals surface area contributed by atoms with Crippen LogP contribution in [0, 0.1) is 6.57 Å². The minimum absolute atomic E-state index is 0.228. The number of rotatable bonds is 3. The molecule has 26 heavy (non-hydrogen) atoms. The van der Waals surface area contributed by atoms with Crippen molar-refractivity contribution in [1.29, 1.82) is 0 Å². The van der Waals surface area contributed by atoms with E-state index >= 15 is 0 Å². The van der Waals surface area contributed by atoms with Gasteiger partial charge in [0.25, 0.3) is 0 Å². The van der Waals surface area contributed by atoms with E-state index < -0.39 is 0 Å². The summed E-state index contributed by atoms with van der Waals surface area (Å²) in [7, 11) is 0. The summed E-state index contributed by atoms with van der Waals surface area (Å²) in [5.74, 6) is 0.830. The lowest BCUT2D eigenvalue weighted by atomic mass is 10.1. The van der Waals surface area contributed by atoms with Crippen LogP contribution in [0.1, 0.15) is 11.5 Å². The Morgan fingerprint density at radius 2 is 2.04 bits per heavy atom. The van der Waals surface area contributed by atoms with Crippen molar-refractivity contribution in [2.75, 3.05) is 5.73 Å². The van der Waals surface area contributed by atoms with Gasteiger partial charge < -0.3 is 5.73 Å². The van der Waals surface area contributed by atoms with Gasteiger partial charge in [0.15, 0.2) is 17.2 Å². The molecular weight excluding hydrogens is 394 g/mol. The fourth-order valence-electron chi connectivity index (χ4n) is 2.63. The molecule has 0 bridgehead atoms. The molecule has 126 valence electrons. The van der Waals surface area contributed by atoms with Crippen LogP contribution in [0.25, 0.3) is 21.7 Å². The number of nitrogens with two attached hydrogens (primary N) is 1. The van der Waals surface area contributed by atoms with Crippen LogP contribution >= 0.6 is 15.9 Å². The number of pyridine rings is 1. The number of halogens is 1. The number of fused-ring (bicyclic) bond motifs is 1. The normalized spacial score (nSPS) is 10.8. The number of hydrogen-bond donors (Lipinski definition) is 1. The molecule has 4 rings (SSSR count). The molecule has 0 fully saturated rings. The lowest BCUT2D eigenvalue weighted by Crippen LogP contribution is -2.04. The van der Waals surface area contributed by atoms with Crippen LogP contribution in [-0.2, 0) is 6.42 Å². The zero-order valence-corrected chi connectivity index (χ0v) is 15.1. The van der Waals surface area contributed by atoms with E-state index in [9.17, 15) is 0 Å². The zero-order valence-electron chi connectivity index (χ0n) is 13.5. The third-order valence-corrected chi connectivity index (χ3v) is 4.54. The Kier molecular flexibility index (Phi) is 4.07. The van der Waals surface area contributed by atoms with E-state index in [0.717, 1.165) is 11.3 Å². The van der Waals surface area contributed by atoms with E-state index in [0.29, 0.717) is 33.7 Å². The number of hydrogen-bond acceptors (Lipinski definition) is 5. The van der Waals surface area contributed by atoms with Crippen LogP contribution in [-0.4, -0.2) is 24.6 Å². The Balaban J connectivity index is 1.82. The van der Waals surface area contributed by atoms with Gasteiger partial charge in [-0.3, -0.25) is 4.98 Å². The number of nitrogen functional groups attached to an aromatic ring is 1. The smallest absolute Gasteiger partial charge is 0.223 e. The molecule has 0 unspecified atom stereocenters. The predicted octanol–water partition coefficient (Wildman–Crippen LogP) is 3.67. The molecule has 0 saturated carbocycles. The summed E-state index contributed by atoms with van der Waals surface area (Å²) in [6.07, 6.45) is 2.23. The second kappa shape index (κ2) is 6.54. The van der Waals surface area contributed by atoms with E-state index in [4.69, 9.17) is 12.3 Å². The van der Waals surface area contributed by atoms with Crippen molar-refractivity contribution in [1.82, 2.24) is 24.6 Å². The van der Waals surface area contributed by atoms with Gasteiger partial charge in [-0.25, -0.2) is 14.8 Å². The van der Waals surface area contributed by atoms with Gasteiger partial charge in [0, 0.05) is 11.9 Å². The lowest BCUT2D eigenvalue weighted by molar-refractivity contribution is 0.878. The van der Waals surface area contributed by atoms with Gasteiger partial charge in [0.05, 0.1) is 23.2 Å². The summed E-state index contributed by atoms with van der Waals surface area (Å²) in [5.41, 5.74) is 9.48. The summed E-state index contributed by atoms with van der Waals surface area (Å²) in [6, 6.07) is 12.9. The Bertz CT molecular complexity index is 1150. The Morgan fingerprint density at radius 1 is 1.15 bits per heavy atom. The first kappa shape index (κ1) is 16.2. The zero-order chi connectivity index (χ0) is 18.1. The highest BCUT2D eigenvalue weighted by atomic mass is 79.9. The highest BCUT2D eigenvalue weighted by molar-refractivity contribution is 9.10. The fourth-order valence-corrected chi connectivity index (χ4v) is 3.20. The molecule has 4 aromatic rings.